The third-order valence-corrected chi connectivity index (χ3v) is 4.34. The molecule has 2 nitrogen and oxygen atoms in total. The third-order valence-electron chi connectivity index (χ3n) is 4.34. The Morgan fingerprint density at radius 2 is 1.18 bits per heavy atom. The largest absolute Gasteiger partial charge is 1.00 e. The molecule has 0 amide bonds. The SMILES string of the molecule is CCCCCCCCCCCCCCCn1cc[n+](C)c1.[Cl-]. The van der Waals surface area contributed by atoms with Crippen LogP contribution in [0.1, 0.15) is 90.4 Å². The van der Waals surface area contributed by atoms with E-state index in [1.54, 1.807) is 0 Å². The van der Waals surface area contributed by atoms with Crippen LogP contribution in [-0.2, 0) is 13.6 Å². The Morgan fingerprint density at radius 1 is 0.727 bits per heavy atom. The van der Waals surface area contributed by atoms with Crippen LogP contribution in [0.25, 0.3) is 0 Å². The fourth-order valence-corrected chi connectivity index (χ4v) is 2.95. The molecule has 22 heavy (non-hydrogen) atoms. The molecule has 0 N–H and O–H groups in total. The maximum absolute atomic E-state index is 2.29. The number of unbranched alkanes of at least 4 members (excludes halogenated alkanes) is 12. The highest BCUT2D eigenvalue weighted by Crippen LogP contribution is 2.12. The van der Waals surface area contributed by atoms with Crippen molar-refractivity contribution in [2.45, 2.75) is 96.9 Å². The zero-order chi connectivity index (χ0) is 15.2. The maximum Gasteiger partial charge on any atom is 0.243 e. The van der Waals surface area contributed by atoms with Gasteiger partial charge in [-0.05, 0) is 12.8 Å². The molecule has 0 atom stereocenters. The van der Waals surface area contributed by atoms with E-state index in [1.165, 1.54) is 90.0 Å². The summed E-state index contributed by atoms with van der Waals surface area (Å²) in [5, 5.41) is 0. The molecular weight excluding hydrogens is 292 g/mol. The average molecular weight is 329 g/mol. The molecule has 0 aromatic carbocycles. The van der Waals surface area contributed by atoms with Crippen LogP contribution in [0.5, 0.6) is 0 Å². The number of aromatic nitrogens is 2. The van der Waals surface area contributed by atoms with Gasteiger partial charge >= 0.3 is 0 Å². The second-order valence-corrected chi connectivity index (χ2v) is 6.56. The van der Waals surface area contributed by atoms with Gasteiger partial charge in [0.15, 0.2) is 0 Å². The van der Waals surface area contributed by atoms with Crippen LogP contribution in [0, 0.1) is 0 Å². The highest BCUT2D eigenvalue weighted by atomic mass is 35.5. The van der Waals surface area contributed by atoms with Crippen molar-refractivity contribution in [3.05, 3.63) is 18.7 Å². The van der Waals surface area contributed by atoms with E-state index in [2.05, 4.69) is 41.8 Å². The van der Waals surface area contributed by atoms with E-state index in [9.17, 15) is 0 Å². The number of hydrogen-bond donors (Lipinski definition) is 0. The molecule has 1 rings (SSSR count). The van der Waals surface area contributed by atoms with Crippen LogP contribution in [-0.4, -0.2) is 4.57 Å². The van der Waals surface area contributed by atoms with E-state index < -0.39 is 0 Å². The van der Waals surface area contributed by atoms with Crippen molar-refractivity contribution in [2.24, 2.45) is 7.05 Å². The molecule has 1 aromatic rings. The van der Waals surface area contributed by atoms with Gasteiger partial charge in [-0.1, -0.05) is 77.6 Å². The van der Waals surface area contributed by atoms with Gasteiger partial charge < -0.3 is 12.4 Å². The molecule has 0 unspecified atom stereocenters. The molecule has 0 fully saturated rings. The lowest BCUT2D eigenvalue weighted by Gasteiger charge is -2.02. The lowest BCUT2D eigenvalue weighted by Crippen LogP contribution is -3.00. The standard InChI is InChI=1S/C19H37N2.ClH/c1-3-4-5-6-7-8-9-10-11-12-13-14-15-16-21-18-17-20(2)19-21;/h17-19H,3-16H2,1-2H3;1H/q+1;/p-1. The van der Waals surface area contributed by atoms with E-state index in [1.807, 2.05) is 0 Å². The molecule has 0 aliphatic rings. The van der Waals surface area contributed by atoms with Gasteiger partial charge in [0.05, 0.1) is 13.6 Å². The Kier molecular flexibility index (Phi) is 15.0. The fourth-order valence-electron chi connectivity index (χ4n) is 2.95. The summed E-state index contributed by atoms with van der Waals surface area (Å²) in [6.45, 7) is 3.47. The van der Waals surface area contributed by atoms with Crippen molar-refractivity contribution >= 4 is 0 Å². The Morgan fingerprint density at radius 3 is 1.59 bits per heavy atom. The highest BCUT2D eigenvalue weighted by molar-refractivity contribution is 4.65. The van der Waals surface area contributed by atoms with Crippen molar-refractivity contribution in [2.75, 3.05) is 0 Å². The first-order chi connectivity index (χ1) is 10.3. The molecule has 0 aliphatic carbocycles. The second kappa shape index (κ2) is 15.4. The predicted octanol–water partition coefficient (Wildman–Crippen LogP) is 2.41. The number of halogens is 1. The molecule has 0 aliphatic heterocycles. The number of imidazole rings is 1. The van der Waals surface area contributed by atoms with Crippen molar-refractivity contribution in [3.63, 3.8) is 0 Å². The Hall–Kier alpha value is -0.500. The zero-order valence-corrected chi connectivity index (χ0v) is 15.7. The molecular formula is C19H37ClN2. The molecule has 0 saturated heterocycles. The number of nitrogens with zero attached hydrogens (tertiary/aromatic N) is 2. The zero-order valence-electron chi connectivity index (χ0n) is 14.9. The Labute approximate surface area is 144 Å². The van der Waals surface area contributed by atoms with Crippen LogP contribution in [0.15, 0.2) is 18.7 Å². The smallest absolute Gasteiger partial charge is 0.243 e. The van der Waals surface area contributed by atoms with Crippen LogP contribution in [0.3, 0.4) is 0 Å². The molecule has 0 radical (unpaired) electrons. The van der Waals surface area contributed by atoms with Crippen LogP contribution in [0.2, 0.25) is 0 Å². The number of rotatable bonds is 14. The quantitative estimate of drug-likeness (QED) is 0.366. The minimum Gasteiger partial charge on any atom is -1.00 e. The molecule has 0 bridgehead atoms. The normalized spacial score (nSPS) is 10.6. The molecule has 1 aromatic heterocycles. The molecule has 0 spiro atoms. The Balaban J connectivity index is 0.00000441. The first-order valence-corrected chi connectivity index (χ1v) is 9.34. The summed E-state index contributed by atoms with van der Waals surface area (Å²) < 4.78 is 4.40. The summed E-state index contributed by atoms with van der Waals surface area (Å²) in [5.41, 5.74) is 0. The van der Waals surface area contributed by atoms with Gasteiger partial charge in [0, 0.05) is 0 Å². The van der Waals surface area contributed by atoms with E-state index >= 15 is 0 Å². The summed E-state index contributed by atoms with van der Waals surface area (Å²) >= 11 is 0. The fraction of sp³-hybridized carbons (Fsp3) is 0.842. The highest BCUT2D eigenvalue weighted by Gasteiger charge is 1.99. The van der Waals surface area contributed by atoms with Crippen molar-refractivity contribution < 1.29 is 17.0 Å². The van der Waals surface area contributed by atoms with Crippen LogP contribution >= 0.6 is 0 Å². The Bertz CT molecular complexity index is 336. The van der Waals surface area contributed by atoms with Gasteiger partial charge in [0.1, 0.15) is 12.4 Å². The monoisotopic (exact) mass is 328 g/mol. The minimum atomic E-state index is 0. The number of aryl methyl sites for hydroxylation is 2. The lowest BCUT2D eigenvalue weighted by atomic mass is 10.0. The topological polar surface area (TPSA) is 8.81 Å². The first kappa shape index (κ1) is 21.5. The molecule has 130 valence electrons. The first-order valence-electron chi connectivity index (χ1n) is 9.34. The van der Waals surface area contributed by atoms with Gasteiger partial charge in [-0.3, -0.25) is 0 Å². The summed E-state index contributed by atoms with van der Waals surface area (Å²) in [7, 11) is 2.08. The molecule has 0 saturated carbocycles. The van der Waals surface area contributed by atoms with Crippen molar-refractivity contribution in [1.29, 1.82) is 0 Å². The summed E-state index contributed by atoms with van der Waals surface area (Å²) in [6, 6.07) is 0. The van der Waals surface area contributed by atoms with E-state index in [4.69, 9.17) is 0 Å². The van der Waals surface area contributed by atoms with Crippen molar-refractivity contribution in [1.82, 2.24) is 4.57 Å². The maximum atomic E-state index is 2.29. The van der Waals surface area contributed by atoms with E-state index in [0.29, 0.717) is 0 Å². The van der Waals surface area contributed by atoms with Gasteiger partial charge in [0.2, 0.25) is 6.33 Å². The summed E-state index contributed by atoms with van der Waals surface area (Å²) in [5.74, 6) is 0. The van der Waals surface area contributed by atoms with Gasteiger partial charge in [-0.15, -0.1) is 0 Å². The van der Waals surface area contributed by atoms with Crippen LogP contribution < -0.4 is 17.0 Å². The van der Waals surface area contributed by atoms with E-state index in [-0.39, 0.29) is 12.4 Å². The van der Waals surface area contributed by atoms with Crippen molar-refractivity contribution in [3.8, 4) is 0 Å². The molecule has 1 heterocycles. The number of hydrogen-bond acceptors (Lipinski definition) is 0. The summed E-state index contributed by atoms with van der Waals surface area (Å²) in [6.07, 6.45) is 25.0. The summed E-state index contributed by atoms with van der Waals surface area (Å²) in [4.78, 5) is 0. The molecule has 3 heteroatoms. The predicted molar refractivity (Wildman–Crippen MR) is 91.3 cm³/mol. The minimum absolute atomic E-state index is 0. The lowest BCUT2D eigenvalue weighted by molar-refractivity contribution is -0.671. The van der Waals surface area contributed by atoms with Gasteiger partial charge in [-0.2, -0.15) is 0 Å². The van der Waals surface area contributed by atoms with Crippen LogP contribution in [0.4, 0.5) is 0 Å². The third kappa shape index (κ3) is 12.1. The second-order valence-electron chi connectivity index (χ2n) is 6.56. The van der Waals surface area contributed by atoms with Gasteiger partial charge in [0.25, 0.3) is 0 Å². The van der Waals surface area contributed by atoms with E-state index in [0.717, 1.165) is 0 Å². The van der Waals surface area contributed by atoms with Gasteiger partial charge in [-0.25, -0.2) is 9.13 Å². The average Bonchev–Trinajstić information content (AvgIpc) is 2.89.